The van der Waals surface area contributed by atoms with Gasteiger partial charge in [-0.05, 0) is 26.0 Å². The Kier molecular flexibility index (Phi) is 3.25. The average Bonchev–Trinajstić information content (AvgIpc) is 2.72. The van der Waals surface area contributed by atoms with Crippen molar-refractivity contribution in [2.75, 3.05) is 11.1 Å². The van der Waals surface area contributed by atoms with Crippen LogP contribution >= 0.6 is 0 Å². The van der Waals surface area contributed by atoms with Gasteiger partial charge in [0, 0.05) is 48.0 Å². The summed E-state index contributed by atoms with van der Waals surface area (Å²) >= 11 is 0. The molecule has 2 heterocycles. The highest BCUT2D eigenvalue weighted by molar-refractivity contribution is 5.98. The van der Waals surface area contributed by atoms with Crippen LogP contribution < -0.4 is 11.1 Å². The Morgan fingerprint density at radius 3 is 2.76 bits per heavy atom. The van der Waals surface area contributed by atoms with E-state index in [1.54, 1.807) is 6.20 Å². The Bertz CT molecular complexity index is 804. The number of hydrogen-bond acceptors (Lipinski definition) is 4. The molecule has 0 fully saturated rings. The van der Waals surface area contributed by atoms with Gasteiger partial charge in [0.25, 0.3) is 0 Å². The van der Waals surface area contributed by atoms with Crippen LogP contribution in [0.5, 0.6) is 0 Å². The van der Waals surface area contributed by atoms with E-state index in [9.17, 15) is 0 Å². The Balaban J connectivity index is 1.90. The zero-order valence-corrected chi connectivity index (χ0v) is 12.5. The summed E-state index contributed by atoms with van der Waals surface area (Å²) in [4.78, 5) is 4.12. The van der Waals surface area contributed by atoms with Gasteiger partial charge in [-0.15, -0.1) is 0 Å². The highest BCUT2D eigenvalue weighted by Gasteiger charge is 2.10. The van der Waals surface area contributed by atoms with E-state index >= 15 is 0 Å². The van der Waals surface area contributed by atoms with E-state index in [4.69, 9.17) is 5.73 Å². The van der Waals surface area contributed by atoms with Crippen LogP contribution in [-0.4, -0.2) is 14.8 Å². The molecule has 0 unspecified atom stereocenters. The maximum atomic E-state index is 6.25. The summed E-state index contributed by atoms with van der Waals surface area (Å²) in [6, 6.07) is 5.97. The van der Waals surface area contributed by atoms with Crippen molar-refractivity contribution in [2.45, 2.75) is 20.4 Å². The Hall–Kier alpha value is -2.56. The summed E-state index contributed by atoms with van der Waals surface area (Å²) in [5.41, 5.74) is 11.4. The van der Waals surface area contributed by atoms with E-state index in [0.29, 0.717) is 6.54 Å². The fourth-order valence-corrected chi connectivity index (χ4v) is 2.60. The number of nitrogen functional groups attached to an aromatic ring is 1. The summed E-state index contributed by atoms with van der Waals surface area (Å²) in [6.45, 7) is 4.82. The molecule has 5 nitrogen and oxygen atoms in total. The average molecular weight is 281 g/mol. The van der Waals surface area contributed by atoms with Crippen molar-refractivity contribution in [2.24, 2.45) is 7.05 Å². The molecule has 5 heteroatoms. The van der Waals surface area contributed by atoms with Crippen molar-refractivity contribution in [1.82, 2.24) is 14.8 Å². The van der Waals surface area contributed by atoms with Gasteiger partial charge in [0.15, 0.2) is 0 Å². The molecular formula is C16H19N5. The number of fused-ring (bicyclic) bond motifs is 1. The molecule has 0 amide bonds. The van der Waals surface area contributed by atoms with E-state index < -0.39 is 0 Å². The standard InChI is InChI=1S/C16H19N5/c1-10-14(11(2)21(3)20-10)9-19-15-5-4-12-8-18-7-6-13(12)16(15)17/h4-8,19H,9,17H2,1-3H3. The second-order valence-corrected chi connectivity index (χ2v) is 5.25. The first-order chi connectivity index (χ1) is 10.1. The molecule has 0 aliphatic carbocycles. The molecule has 0 spiro atoms. The lowest BCUT2D eigenvalue weighted by molar-refractivity contribution is 0.730. The van der Waals surface area contributed by atoms with Gasteiger partial charge in [0.1, 0.15) is 0 Å². The predicted molar refractivity (Wildman–Crippen MR) is 86.2 cm³/mol. The molecule has 0 bridgehead atoms. The number of rotatable bonds is 3. The van der Waals surface area contributed by atoms with E-state index in [0.717, 1.165) is 27.8 Å². The lowest BCUT2D eigenvalue weighted by Gasteiger charge is -2.12. The van der Waals surface area contributed by atoms with Crippen LogP contribution in [-0.2, 0) is 13.6 Å². The Morgan fingerprint density at radius 2 is 2.05 bits per heavy atom. The van der Waals surface area contributed by atoms with Crippen LogP contribution in [0.2, 0.25) is 0 Å². The van der Waals surface area contributed by atoms with Gasteiger partial charge in [-0.2, -0.15) is 5.10 Å². The van der Waals surface area contributed by atoms with E-state index in [1.807, 2.05) is 43.0 Å². The van der Waals surface area contributed by atoms with Crippen LogP contribution in [0, 0.1) is 13.8 Å². The third-order valence-corrected chi connectivity index (χ3v) is 3.98. The highest BCUT2D eigenvalue weighted by atomic mass is 15.3. The number of aryl methyl sites for hydroxylation is 2. The van der Waals surface area contributed by atoms with Gasteiger partial charge < -0.3 is 11.1 Å². The largest absolute Gasteiger partial charge is 0.397 e. The van der Waals surface area contributed by atoms with Crippen LogP contribution in [0.25, 0.3) is 10.8 Å². The normalized spacial score (nSPS) is 11.0. The highest BCUT2D eigenvalue weighted by Crippen LogP contribution is 2.28. The summed E-state index contributed by atoms with van der Waals surface area (Å²) in [6.07, 6.45) is 3.59. The molecule has 0 saturated carbocycles. The lowest BCUT2D eigenvalue weighted by Crippen LogP contribution is -2.05. The molecule has 108 valence electrons. The van der Waals surface area contributed by atoms with E-state index in [1.165, 1.54) is 11.3 Å². The summed E-state index contributed by atoms with van der Waals surface area (Å²) in [5, 5.41) is 9.92. The number of nitrogens with zero attached hydrogens (tertiary/aromatic N) is 3. The zero-order valence-electron chi connectivity index (χ0n) is 12.5. The van der Waals surface area contributed by atoms with Gasteiger partial charge >= 0.3 is 0 Å². The second kappa shape index (κ2) is 5.09. The van der Waals surface area contributed by atoms with Gasteiger partial charge in [-0.1, -0.05) is 6.07 Å². The molecular weight excluding hydrogens is 262 g/mol. The predicted octanol–water partition coefficient (Wildman–Crippen LogP) is 2.78. The van der Waals surface area contributed by atoms with Crippen molar-refractivity contribution >= 4 is 22.1 Å². The Morgan fingerprint density at radius 1 is 1.24 bits per heavy atom. The number of nitrogens with two attached hydrogens (primary N) is 1. The summed E-state index contributed by atoms with van der Waals surface area (Å²) in [5.74, 6) is 0. The van der Waals surface area contributed by atoms with Crippen molar-refractivity contribution in [3.63, 3.8) is 0 Å². The zero-order chi connectivity index (χ0) is 15.0. The van der Waals surface area contributed by atoms with Crippen LogP contribution in [0.1, 0.15) is 17.0 Å². The lowest BCUT2D eigenvalue weighted by atomic mass is 10.1. The van der Waals surface area contributed by atoms with E-state index in [-0.39, 0.29) is 0 Å². The quantitative estimate of drug-likeness (QED) is 0.724. The van der Waals surface area contributed by atoms with Crippen LogP contribution in [0.3, 0.4) is 0 Å². The fraction of sp³-hybridized carbons (Fsp3) is 0.250. The minimum absolute atomic E-state index is 0.715. The van der Waals surface area contributed by atoms with Gasteiger partial charge in [-0.3, -0.25) is 9.67 Å². The fourth-order valence-electron chi connectivity index (χ4n) is 2.60. The third kappa shape index (κ3) is 2.31. The molecule has 0 aliphatic rings. The van der Waals surface area contributed by atoms with Gasteiger partial charge in [0.05, 0.1) is 17.1 Å². The third-order valence-electron chi connectivity index (χ3n) is 3.98. The molecule has 0 aliphatic heterocycles. The van der Waals surface area contributed by atoms with Gasteiger partial charge in [0.2, 0.25) is 0 Å². The van der Waals surface area contributed by atoms with Crippen molar-refractivity contribution in [1.29, 1.82) is 0 Å². The monoisotopic (exact) mass is 281 g/mol. The maximum Gasteiger partial charge on any atom is 0.0646 e. The Labute approximate surface area is 123 Å². The smallest absolute Gasteiger partial charge is 0.0646 e. The van der Waals surface area contributed by atoms with Crippen molar-refractivity contribution in [3.05, 3.63) is 47.5 Å². The first-order valence-electron chi connectivity index (χ1n) is 6.93. The van der Waals surface area contributed by atoms with Crippen LogP contribution in [0.15, 0.2) is 30.6 Å². The number of pyridine rings is 1. The first kappa shape index (κ1) is 13.4. The number of anilines is 2. The molecule has 3 aromatic rings. The topological polar surface area (TPSA) is 68.8 Å². The molecule has 3 rings (SSSR count). The molecule has 0 radical (unpaired) electrons. The molecule has 0 saturated heterocycles. The summed E-state index contributed by atoms with van der Waals surface area (Å²) < 4.78 is 1.90. The first-order valence-corrected chi connectivity index (χ1v) is 6.93. The minimum Gasteiger partial charge on any atom is -0.397 e. The molecule has 21 heavy (non-hydrogen) atoms. The number of nitrogens with one attached hydrogen (secondary N) is 1. The molecule has 2 aromatic heterocycles. The van der Waals surface area contributed by atoms with Crippen LogP contribution in [0.4, 0.5) is 11.4 Å². The minimum atomic E-state index is 0.715. The molecule has 1 aromatic carbocycles. The number of aromatic nitrogens is 3. The maximum absolute atomic E-state index is 6.25. The van der Waals surface area contributed by atoms with Crippen molar-refractivity contribution in [3.8, 4) is 0 Å². The van der Waals surface area contributed by atoms with Crippen molar-refractivity contribution < 1.29 is 0 Å². The number of benzene rings is 1. The second-order valence-electron chi connectivity index (χ2n) is 5.25. The number of hydrogen-bond donors (Lipinski definition) is 2. The SMILES string of the molecule is Cc1nn(C)c(C)c1CNc1ccc2cnccc2c1N. The van der Waals surface area contributed by atoms with Gasteiger partial charge in [-0.25, -0.2) is 0 Å². The molecule has 0 atom stereocenters. The summed E-state index contributed by atoms with van der Waals surface area (Å²) in [7, 11) is 1.96. The van der Waals surface area contributed by atoms with E-state index in [2.05, 4.69) is 22.3 Å². The molecule has 3 N–H and O–H groups in total.